The van der Waals surface area contributed by atoms with Crippen LogP contribution in [0.15, 0.2) is 194 Å². The second kappa shape index (κ2) is 11.9. The summed E-state index contributed by atoms with van der Waals surface area (Å²) in [6, 6.07) is 73.2. The lowest BCUT2D eigenvalue weighted by atomic mass is 9.79. The van der Waals surface area contributed by atoms with E-state index >= 15 is 0 Å². The highest BCUT2D eigenvalue weighted by atomic mass is 14.4. The van der Waals surface area contributed by atoms with Crippen LogP contribution in [0.4, 0.5) is 0 Å². The zero-order valence-electron chi connectivity index (χ0n) is 33.0. The molecule has 0 saturated heterocycles. The first-order valence-corrected chi connectivity index (χ1v) is 20.8. The molecule has 1 aliphatic rings. The molecule has 0 aliphatic heterocycles. The molecule has 59 heavy (non-hydrogen) atoms. The van der Waals surface area contributed by atoms with Gasteiger partial charge in [0.2, 0.25) is 0 Å². The highest BCUT2D eigenvalue weighted by molar-refractivity contribution is 6.29. The van der Waals surface area contributed by atoms with Gasteiger partial charge >= 0.3 is 0 Å². The van der Waals surface area contributed by atoms with Crippen molar-refractivity contribution in [2.24, 2.45) is 0 Å². The van der Waals surface area contributed by atoms with Gasteiger partial charge in [-0.25, -0.2) is 0 Å². The molecule has 0 radical (unpaired) electrons. The molecule has 0 nitrogen and oxygen atoms in total. The topological polar surface area (TPSA) is 0 Å². The Kier molecular flexibility index (Phi) is 6.60. The Hall–Kier alpha value is -7.28. The molecule has 0 saturated carbocycles. The van der Waals surface area contributed by atoms with Gasteiger partial charge in [0.15, 0.2) is 0 Å². The summed E-state index contributed by atoms with van der Waals surface area (Å²) in [7, 11) is 0. The zero-order valence-corrected chi connectivity index (χ0v) is 33.0. The predicted octanol–water partition coefficient (Wildman–Crippen LogP) is 16.6. The Morgan fingerprint density at radius 3 is 1.27 bits per heavy atom. The standard InChI is InChI=1S/C59H38/c1-59(2)55-31-36(28-30-45(55)53-32-51-41-20-8-5-17-38(41)39-18-6-9-21-42(39)52(51)34-56(53)59)57-46-23-11-13-25-48(46)58(49-26-14-12-24-47(49)57)54-33-50-37-16-4-3-15-35(37)27-29-44(50)40-19-7-10-22-43(40)54/h3-34H,1-2H3. The molecule has 0 fully saturated rings. The van der Waals surface area contributed by atoms with Crippen molar-refractivity contribution in [3.8, 4) is 33.4 Å². The van der Waals surface area contributed by atoms with Crippen LogP contribution in [0.3, 0.4) is 0 Å². The van der Waals surface area contributed by atoms with Gasteiger partial charge in [0.1, 0.15) is 0 Å². The number of benzene rings is 12. The second-order valence-corrected chi connectivity index (χ2v) is 17.1. The molecule has 13 rings (SSSR count). The summed E-state index contributed by atoms with van der Waals surface area (Å²) < 4.78 is 0. The Morgan fingerprint density at radius 2 is 0.661 bits per heavy atom. The van der Waals surface area contributed by atoms with Crippen molar-refractivity contribution < 1.29 is 0 Å². The van der Waals surface area contributed by atoms with Crippen LogP contribution in [0, 0.1) is 0 Å². The van der Waals surface area contributed by atoms with Crippen molar-refractivity contribution in [1.82, 2.24) is 0 Å². The second-order valence-electron chi connectivity index (χ2n) is 17.1. The van der Waals surface area contributed by atoms with Crippen LogP contribution in [-0.4, -0.2) is 0 Å². The fourth-order valence-electron chi connectivity index (χ4n) is 11.1. The van der Waals surface area contributed by atoms with Crippen molar-refractivity contribution in [3.05, 3.63) is 205 Å². The first kappa shape index (κ1) is 32.8. The molecule has 0 aromatic heterocycles. The third kappa shape index (κ3) is 4.44. The predicted molar refractivity (Wildman–Crippen MR) is 255 cm³/mol. The van der Waals surface area contributed by atoms with E-state index in [9.17, 15) is 0 Å². The zero-order chi connectivity index (χ0) is 39.0. The Balaban J connectivity index is 1.08. The number of rotatable bonds is 2. The minimum absolute atomic E-state index is 0.181. The lowest BCUT2D eigenvalue weighted by Crippen LogP contribution is -2.15. The molecule has 0 bridgehead atoms. The Morgan fingerprint density at radius 1 is 0.254 bits per heavy atom. The third-order valence-electron chi connectivity index (χ3n) is 13.8. The van der Waals surface area contributed by atoms with E-state index in [1.54, 1.807) is 0 Å². The minimum Gasteiger partial charge on any atom is -0.0616 e. The molecule has 12 aromatic rings. The molecule has 0 amide bonds. The average molecular weight is 747 g/mol. The van der Waals surface area contributed by atoms with Crippen molar-refractivity contribution in [1.29, 1.82) is 0 Å². The Bertz CT molecular complexity index is 3750. The summed E-state index contributed by atoms with van der Waals surface area (Å²) in [6.07, 6.45) is 0. The molecule has 0 atom stereocenters. The SMILES string of the molecule is CC1(C)c2cc(-c3c4ccccc4c(-c4cc5c6ccccc6ccc5c5ccccc45)c4ccccc34)ccc2-c2cc3c4ccccc4c4ccccc4c3cc21. The van der Waals surface area contributed by atoms with E-state index in [0.29, 0.717) is 0 Å². The molecular weight excluding hydrogens is 709 g/mol. The first-order valence-electron chi connectivity index (χ1n) is 20.8. The highest BCUT2D eigenvalue weighted by Crippen LogP contribution is 2.54. The van der Waals surface area contributed by atoms with E-state index in [4.69, 9.17) is 0 Å². The monoisotopic (exact) mass is 746 g/mol. The highest BCUT2D eigenvalue weighted by Gasteiger charge is 2.36. The van der Waals surface area contributed by atoms with Crippen molar-refractivity contribution in [2.45, 2.75) is 19.3 Å². The van der Waals surface area contributed by atoms with Gasteiger partial charge in [-0.3, -0.25) is 0 Å². The van der Waals surface area contributed by atoms with E-state index in [-0.39, 0.29) is 5.41 Å². The number of hydrogen-bond acceptors (Lipinski definition) is 0. The van der Waals surface area contributed by atoms with Crippen molar-refractivity contribution in [2.75, 3.05) is 0 Å². The lowest BCUT2D eigenvalue weighted by molar-refractivity contribution is 0.661. The van der Waals surface area contributed by atoms with E-state index in [1.165, 1.54) is 131 Å². The van der Waals surface area contributed by atoms with Gasteiger partial charge in [0.25, 0.3) is 0 Å². The van der Waals surface area contributed by atoms with Crippen LogP contribution in [0.5, 0.6) is 0 Å². The summed E-state index contributed by atoms with van der Waals surface area (Å²) in [5, 5.41) is 20.8. The Labute approximate surface area is 342 Å². The van der Waals surface area contributed by atoms with Crippen LogP contribution < -0.4 is 0 Å². The van der Waals surface area contributed by atoms with Crippen LogP contribution in [0.2, 0.25) is 0 Å². The molecule has 0 N–H and O–H groups in total. The summed E-state index contributed by atoms with van der Waals surface area (Å²) in [4.78, 5) is 0. The van der Waals surface area contributed by atoms with Crippen molar-refractivity contribution in [3.63, 3.8) is 0 Å². The molecule has 274 valence electrons. The lowest BCUT2D eigenvalue weighted by Gasteiger charge is -2.24. The molecule has 12 aromatic carbocycles. The van der Waals surface area contributed by atoms with Gasteiger partial charge in [0, 0.05) is 5.41 Å². The largest absolute Gasteiger partial charge is 0.0616 e. The third-order valence-corrected chi connectivity index (χ3v) is 13.8. The summed E-state index contributed by atoms with van der Waals surface area (Å²) in [6.45, 7) is 4.84. The van der Waals surface area contributed by atoms with E-state index in [1.807, 2.05) is 0 Å². The summed E-state index contributed by atoms with van der Waals surface area (Å²) in [5.74, 6) is 0. The van der Waals surface area contributed by atoms with E-state index in [2.05, 4.69) is 208 Å². The van der Waals surface area contributed by atoms with Gasteiger partial charge in [-0.1, -0.05) is 184 Å². The first-order chi connectivity index (χ1) is 29.0. The normalized spacial score (nSPS) is 13.4. The summed E-state index contributed by atoms with van der Waals surface area (Å²) in [5.41, 5.74) is 10.4. The quantitative estimate of drug-likeness (QED) is 0.122. The fraction of sp³-hybridized carbons (Fsp3) is 0.0508. The van der Waals surface area contributed by atoms with Gasteiger partial charge in [0.05, 0.1) is 0 Å². The van der Waals surface area contributed by atoms with Crippen LogP contribution >= 0.6 is 0 Å². The molecule has 0 unspecified atom stereocenters. The molecule has 0 heterocycles. The van der Waals surface area contributed by atoms with E-state index in [0.717, 1.165) is 0 Å². The molecule has 1 aliphatic carbocycles. The molecule has 0 heteroatoms. The van der Waals surface area contributed by atoms with Gasteiger partial charge < -0.3 is 0 Å². The maximum Gasteiger partial charge on any atom is 0.0159 e. The maximum atomic E-state index is 2.52. The van der Waals surface area contributed by atoms with Gasteiger partial charge in [-0.15, -0.1) is 0 Å². The van der Waals surface area contributed by atoms with Gasteiger partial charge in [-0.05, 0) is 155 Å². The smallest absolute Gasteiger partial charge is 0.0159 e. The average Bonchev–Trinajstić information content (AvgIpc) is 3.51. The van der Waals surface area contributed by atoms with E-state index < -0.39 is 0 Å². The van der Waals surface area contributed by atoms with Crippen molar-refractivity contribution >= 4 is 86.2 Å². The number of hydrogen-bond donors (Lipinski definition) is 0. The van der Waals surface area contributed by atoms with Crippen LogP contribution in [0.1, 0.15) is 25.0 Å². The van der Waals surface area contributed by atoms with Crippen LogP contribution in [-0.2, 0) is 5.41 Å². The van der Waals surface area contributed by atoms with Gasteiger partial charge in [-0.2, -0.15) is 0 Å². The molecule has 0 spiro atoms. The van der Waals surface area contributed by atoms with Crippen LogP contribution in [0.25, 0.3) is 120 Å². The maximum absolute atomic E-state index is 2.52. The summed E-state index contributed by atoms with van der Waals surface area (Å²) >= 11 is 0. The minimum atomic E-state index is -0.181. The number of fused-ring (bicyclic) bond motifs is 16. The molecular formula is C59H38. The fourth-order valence-corrected chi connectivity index (χ4v) is 11.1.